The molecule has 0 aliphatic carbocycles. The Bertz CT molecular complexity index is 409. The minimum atomic E-state index is -4.34. The van der Waals surface area contributed by atoms with E-state index >= 15 is 0 Å². The van der Waals surface area contributed by atoms with Crippen LogP contribution in [0.25, 0.3) is 0 Å². The number of ether oxygens (including phenoxy) is 1. The van der Waals surface area contributed by atoms with E-state index in [9.17, 15) is 13.2 Å². The maximum Gasteiger partial charge on any atom is 0.409 e. The van der Waals surface area contributed by atoms with Gasteiger partial charge in [-0.25, -0.2) is 0 Å². The molecule has 2 N–H and O–H groups in total. The van der Waals surface area contributed by atoms with Gasteiger partial charge >= 0.3 is 6.18 Å². The summed E-state index contributed by atoms with van der Waals surface area (Å²) in [6, 6.07) is 5.09. The average Bonchev–Trinajstić information content (AvgIpc) is 2.51. The smallest absolute Gasteiger partial charge is 0.409 e. The Morgan fingerprint density at radius 3 is 2.72 bits per heavy atom. The zero-order valence-electron chi connectivity index (χ0n) is 9.78. The van der Waals surface area contributed by atoms with Crippen molar-refractivity contribution in [1.29, 1.82) is 0 Å². The third-order valence-electron chi connectivity index (χ3n) is 2.95. The fraction of sp³-hybridized carbons (Fsp3) is 0.500. The van der Waals surface area contributed by atoms with Crippen LogP contribution in [0, 0.1) is 0 Å². The van der Waals surface area contributed by atoms with Gasteiger partial charge in [0, 0.05) is 13.1 Å². The molecule has 1 heterocycles. The molecule has 0 bridgehead atoms. The maximum absolute atomic E-state index is 13.0. The summed E-state index contributed by atoms with van der Waals surface area (Å²) in [5, 5.41) is 0. The van der Waals surface area contributed by atoms with Gasteiger partial charge in [-0.15, -0.1) is 0 Å². The van der Waals surface area contributed by atoms with Gasteiger partial charge in [-0.2, -0.15) is 13.2 Å². The highest BCUT2D eigenvalue weighted by Gasteiger charge is 2.43. The van der Waals surface area contributed by atoms with Crippen molar-refractivity contribution in [3.63, 3.8) is 0 Å². The van der Waals surface area contributed by atoms with Crippen molar-refractivity contribution < 1.29 is 17.9 Å². The van der Waals surface area contributed by atoms with E-state index in [0.29, 0.717) is 31.0 Å². The summed E-state index contributed by atoms with van der Waals surface area (Å²) in [4.78, 5) is 1.29. The Kier molecular flexibility index (Phi) is 3.65. The standard InChI is InChI=1S/C12H15F3N2O/c13-12(14,15)11(8-16)17-6-3-7-18-10-5-2-1-4-9(10)17/h1-2,4-5,11H,3,6-8,16H2. The Labute approximate surface area is 103 Å². The number of hydrogen-bond donors (Lipinski definition) is 1. The summed E-state index contributed by atoms with van der Waals surface area (Å²) in [7, 11) is 0. The molecular weight excluding hydrogens is 245 g/mol. The quantitative estimate of drug-likeness (QED) is 0.885. The van der Waals surface area contributed by atoms with Gasteiger partial charge in [0.05, 0.1) is 12.3 Å². The van der Waals surface area contributed by atoms with E-state index in [0.717, 1.165) is 0 Å². The first kappa shape index (κ1) is 13.0. The minimum absolute atomic E-state index is 0.290. The molecule has 3 nitrogen and oxygen atoms in total. The predicted octanol–water partition coefficient (Wildman–Crippen LogP) is 2.17. The molecule has 100 valence electrons. The Morgan fingerprint density at radius 1 is 1.33 bits per heavy atom. The Hall–Kier alpha value is -1.43. The zero-order chi connectivity index (χ0) is 13.2. The van der Waals surface area contributed by atoms with E-state index in [1.165, 1.54) is 4.90 Å². The van der Waals surface area contributed by atoms with Crippen molar-refractivity contribution >= 4 is 5.69 Å². The number of para-hydroxylation sites is 2. The number of anilines is 1. The number of nitrogens with zero attached hydrogens (tertiary/aromatic N) is 1. The van der Waals surface area contributed by atoms with E-state index < -0.39 is 18.8 Å². The number of nitrogens with two attached hydrogens (primary N) is 1. The molecule has 0 spiro atoms. The van der Waals surface area contributed by atoms with Crippen molar-refractivity contribution in [1.82, 2.24) is 0 Å². The lowest BCUT2D eigenvalue weighted by Gasteiger charge is -2.33. The van der Waals surface area contributed by atoms with Gasteiger partial charge < -0.3 is 15.4 Å². The number of rotatable bonds is 2. The molecule has 1 aliphatic rings. The van der Waals surface area contributed by atoms with Gasteiger partial charge in [0.2, 0.25) is 0 Å². The maximum atomic E-state index is 13.0. The molecule has 18 heavy (non-hydrogen) atoms. The summed E-state index contributed by atoms with van der Waals surface area (Å²) in [5.74, 6) is 0.484. The van der Waals surface area contributed by atoms with Gasteiger partial charge in [-0.05, 0) is 18.6 Å². The van der Waals surface area contributed by atoms with Crippen LogP contribution in [0.15, 0.2) is 24.3 Å². The molecule has 0 saturated heterocycles. The SMILES string of the molecule is NCC(N1CCCOc2ccccc21)C(F)(F)F. The van der Waals surface area contributed by atoms with Crippen LogP contribution in [-0.4, -0.2) is 31.9 Å². The lowest BCUT2D eigenvalue weighted by atomic mass is 10.1. The van der Waals surface area contributed by atoms with Crippen LogP contribution in [0.4, 0.5) is 18.9 Å². The van der Waals surface area contributed by atoms with Crippen LogP contribution < -0.4 is 15.4 Å². The largest absolute Gasteiger partial charge is 0.491 e. The van der Waals surface area contributed by atoms with Crippen molar-refractivity contribution in [3.8, 4) is 5.75 Å². The van der Waals surface area contributed by atoms with E-state index in [2.05, 4.69) is 0 Å². The monoisotopic (exact) mass is 260 g/mol. The van der Waals surface area contributed by atoms with E-state index in [1.54, 1.807) is 24.3 Å². The van der Waals surface area contributed by atoms with Crippen LogP contribution in [0.5, 0.6) is 5.75 Å². The lowest BCUT2D eigenvalue weighted by molar-refractivity contribution is -0.146. The number of fused-ring (bicyclic) bond motifs is 1. The molecule has 0 aromatic heterocycles. The van der Waals surface area contributed by atoms with Gasteiger partial charge in [0.25, 0.3) is 0 Å². The lowest BCUT2D eigenvalue weighted by Crippen LogP contribution is -2.50. The molecule has 0 fully saturated rings. The van der Waals surface area contributed by atoms with Crippen molar-refractivity contribution in [2.45, 2.75) is 18.6 Å². The fourth-order valence-corrected chi connectivity index (χ4v) is 2.12. The number of benzene rings is 1. The normalized spacial score (nSPS) is 17.7. The topological polar surface area (TPSA) is 38.5 Å². The van der Waals surface area contributed by atoms with Crippen LogP contribution in [0.3, 0.4) is 0 Å². The summed E-state index contributed by atoms with van der Waals surface area (Å²) in [6.45, 7) is 0.249. The molecule has 1 aromatic rings. The number of halogens is 3. The first-order chi connectivity index (χ1) is 8.54. The van der Waals surface area contributed by atoms with Crippen molar-refractivity contribution in [2.75, 3.05) is 24.6 Å². The Balaban J connectivity index is 2.38. The molecule has 0 amide bonds. The van der Waals surface area contributed by atoms with E-state index in [1.807, 2.05) is 0 Å². The molecule has 1 unspecified atom stereocenters. The summed E-state index contributed by atoms with van der Waals surface area (Å²) in [6.07, 6.45) is -3.80. The van der Waals surface area contributed by atoms with E-state index in [4.69, 9.17) is 10.5 Å². The molecule has 1 aromatic carbocycles. The summed E-state index contributed by atoms with van der Waals surface area (Å²) in [5.41, 5.74) is 5.76. The van der Waals surface area contributed by atoms with Gasteiger partial charge in [-0.3, -0.25) is 0 Å². The average molecular weight is 260 g/mol. The molecular formula is C12H15F3N2O. The second-order valence-corrected chi connectivity index (χ2v) is 4.16. The molecule has 0 saturated carbocycles. The molecule has 1 atom stereocenters. The fourth-order valence-electron chi connectivity index (χ4n) is 2.12. The third-order valence-corrected chi connectivity index (χ3v) is 2.95. The minimum Gasteiger partial charge on any atom is -0.491 e. The van der Waals surface area contributed by atoms with Gasteiger partial charge in [0.1, 0.15) is 11.8 Å². The highest BCUT2D eigenvalue weighted by molar-refractivity contribution is 5.60. The third kappa shape index (κ3) is 2.53. The van der Waals surface area contributed by atoms with Crippen LogP contribution in [0.1, 0.15) is 6.42 Å². The van der Waals surface area contributed by atoms with E-state index in [-0.39, 0.29) is 0 Å². The second kappa shape index (κ2) is 5.06. The highest BCUT2D eigenvalue weighted by atomic mass is 19.4. The van der Waals surface area contributed by atoms with Crippen LogP contribution in [0.2, 0.25) is 0 Å². The summed E-state index contributed by atoms with van der Waals surface area (Å²) < 4.78 is 44.3. The predicted molar refractivity (Wildman–Crippen MR) is 62.8 cm³/mol. The molecule has 1 aliphatic heterocycles. The number of alkyl halides is 3. The molecule has 6 heteroatoms. The second-order valence-electron chi connectivity index (χ2n) is 4.16. The van der Waals surface area contributed by atoms with Crippen LogP contribution in [-0.2, 0) is 0 Å². The first-order valence-electron chi connectivity index (χ1n) is 5.79. The molecule has 0 radical (unpaired) electrons. The Morgan fingerprint density at radius 2 is 2.06 bits per heavy atom. The van der Waals surface area contributed by atoms with Gasteiger partial charge in [-0.1, -0.05) is 12.1 Å². The van der Waals surface area contributed by atoms with Crippen molar-refractivity contribution in [3.05, 3.63) is 24.3 Å². The molecule has 2 rings (SSSR count). The number of hydrogen-bond acceptors (Lipinski definition) is 3. The highest BCUT2D eigenvalue weighted by Crippen LogP contribution is 2.35. The zero-order valence-corrected chi connectivity index (χ0v) is 9.78. The van der Waals surface area contributed by atoms with Crippen LogP contribution >= 0.6 is 0 Å². The first-order valence-corrected chi connectivity index (χ1v) is 5.79. The van der Waals surface area contributed by atoms with Crippen molar-refractivity contribution in [2.24, 2.45) is 5.73 Å². The van der Waals surface area contributed by atoms with Gasteiger partial charge in [0.15, 0.2) is 0 Å². The summed E-state index contributed by atoms with van der Waals surface area (Å²) >= 11 is 0.